The number of rotatable bonds is 5. The number of hydrogen-bond acceptors (Lipinski definition) is 4. The largest absolute Gasteiger partial charge is 0.348 e. The van der Waals surface area contributed by atoms with E-state index in [1.165, 1.54) is 18.2 Å². The number of carbonyl (C=O) groups excluding carboxylic acids is 1. The summed E-state index contributed by atoms with van der Waals surface area (Å²) in [4.78, 5) is 20.6. The summed E-state index contributed by atoms with van der Waals surface area (Å²) in [7, 11) is 0. The Labute approximate surface area is 139 Å². The number of amides is 1. The predicted octanol–water partition coefficient (Wildman–Crippen LogP) is 3.85. The number of carbonyl (C=O) groups is 1. The minimum Gasteiger partial charge on any atom is -0.348 e. The molecule has 23 heavy (non-hydrogen) atoms. The minimum atomic E-state index is -0.504. The maximum absolute atomic E-state index is 13.2. The maximum atomic E-state index is 13.2. The second kappa shape index (κ2) is 7.37. The number of aromatic nitrogens is 2. The summed E-state index contributed by atoms with van der Waals surface area (Å²) >= 11 is 5.75. The Morgan fingerprint density at radius 3 is 2.74 bits per heavy atom. The van der Waals surface area contributed by atoms with Crippen LogP contribution in [0.15, 0.2) is 24.3 Å². The van der Waals surface area contributed by atoms with Crippen molar-refractivity contribution < 1.29 is 9.18 Å². The molecular formula is C16H18ClFN4O. The lowest BCUT2D eigenvalue weighted by Crippen LogP contribution is -2.32. The quantitative estimate of drug-likeness (QED) is 0.870. The molecule has 0 spiro atoms. The van der Waals surface area contributed by atoms with E-state index in [9.17, 15) is 9.18 Å². The Morgan fingerprint density at radius 1 is 1.35 bits per heavy atom. The van der Waals surface area contributed by atoms with Crippen LogP contribution in [0.5, 0.6) is 0 Å². The van der Waals surface area contributed by atoms with Crippen LogP contribution < -0.4 is 10.6 Å². The van der Waals surface area contributed by atoms with Crippen LogP contribution in [-0.2, 0) is 0 Å². The number of halogens is 2. The lowest BCUT2D eigenvalue weighted by molar-refractivity contribution is 0.0934. The molecule has 2 aromatic rings. The van der Waals surface area contributed by atoms with Crippen molar-refractivity contribution in [1.29, 1.82) is 0 Å². The average Bonchev–Trinajstić information content (AvgIpc) is 2.50. The van der Waals surface area contributed by atoms with E-state index in [0.29, 0.717) is 11.4 Å². The van der Waals surface area contributed by atoms with Crippen molar-refractivity contribution in [2.24, 2.45) is 0 Å². The van der Waals surface area contributed by atoms with Gasteiger partial charge >= 0.3 is 0 Å². The van der Waals surface area contributed by atoms with Crippen LogP contribution in [-0.4, -0.2) is 21.9 Å². The van der Waals surface area contributed by atoms with Crippen LogP contribution in [0, 0.1) is 12.7 Å². The summed E-state index contributed by atoms with van der Waals surface area (Å²) in [5.74, 6) is -0.511. The molecule has 0 saturated carbocycles. The third-order valence-electron chi connectivity index (χ3n) is 3.25. The summed E-state index contributed by atoms with van der Waals surface area (Å²) in [5.41, 5.74) is 1.45. The van der Waals surface area contributed by atoms with Gasteiger partial charge in [0, 0.05) is 17.4 Å². The van der Waals surface area contributed by atoms with Gasteiger partial charge in [-0.3, -0.25) is 4.79 Å². The topological polar surface area (TPSA) is 66.9 Å². The zero-order valence-electron chi connectivity index (χ0n) is 13.2. The first kappa shape index (κ1) is 17.1. The molecule has 2 rings (SSSR count). The number of nitrogens with zero attached hydrogens (tertiary/aromatic N) is 2. The Kier molecular flexibility index (Phi) is 5.50. The molecule has 0 aliphatic rings. The van der Waals surface area contributed by atoms with E-state index in [4.69, 9.17) is 11.6 Å². The zero-order chi connectivity index (χ0) is 17.0. The van der Waals surface area contributed by atoms with Gasteiger partial charge in [0.15, 0.2) is 0 Å². The van der Waals surface area contributed by atoms with Gasteiger partial charge in [-0.1, -0.05) is 18.5 Å². The first-order chi connectivity index (χ1) is 10.9. The van der Waals surface area contributed by atoms with Gasteiger partial charge in [0.1, 0.15) is 11.5 Å². The van der Waals surface area contributed by atoms with E-state index >= 15 is 0 Å². The van der Waals surface area contributed by atoms with Gasteiger partial charge < -0.3 is 10.6 Å². The van der Waals surface area contributed by atoms with E-state index in [-0.39, 0.29) is 28.6 Å². The molecule has 0 fully saturated rings. The average molecular weight is 337 g/mol. The fraction of sp³-hybridized carbons (Fsp3) is 0.312. The monoisotopic (exact) mass is 336 g/mol. The third kappa shape index (κ3) is 4.63. The number of aryl methyl sites for hydroxylation is 1. The number of benzene rings is 1. The Morgan fingerprint density at radius 2 is 2.09 bits per heavy atom. The van der Waals surface area contributed by atoms with E-state index in [1.54, 1.807) is 13.0 Å². The van der Waals surface area contributed by atoms with Crippen molar-refractivity contribution in [3.8, 4) is 0 Å². The van der Waals surface area contributed by atoms with E-state index in [0.717, 1.165) is 6.42 Å². The van der Waals surface area contributed by atoms with Crippen molar-refractivity contribution >= 4 is 29.1 Å². The van der Waals surface area contributed by atoms with Gasteiger partial charge in [-0.25, -0.2) is 14.4 Å². The minimum absolute atomic E-state index is 0.00242. The van der Waals surface area contributed by atoms with Crippen LogP contribution in [0.2, 0.25) is 5.02 Å². The summed E-state index contributed by atoms with van der Waals surface area (Å²) < 4.78 is 13.2. The van der Waals surface area contributed by atoms with Gasteiger partial charge in [0.05, 0.1) is 5.02 Å². The molecule has 122 valence electrons. The molecule has 1 aromatic heterocycles. The van der Waals surface area contributed by atoms with Crippen molar-refractivity contribution in [2.75, 3.05) is 5.32 Å². The summed E-state index contributed by atoms with van der Waals surface area (Å²) in [6, 6.07) is 5.87. The fourth-order valence-corrected chi connectivity index (χ4v) is 2.02. The normalized spacial score (nSPS) is 11.9. The molecule has 2 N–H and O–H groups in total. The predicted molar refractivity (Wildman–Crippen MR) is 88.7 cm³/mol. The van der Waals surface area contributed by atoms with Crippen molar-refractivity contribution in [2.45, 2.75) is 33.2 Å². The molecule has 1 atom stereocenters. The van der Waals surface area contributed by atoms with Crippen LogP contribution in [0.25, 0.3) is 0 Å². The first-order valence-corrected chi connectivity index (χ1v) is 7.65. The van der Waals surface area contributed by atoms with Crippen molar-refractivity contribution in [3.63, 3.8) is 0 Å². The molecule has 1 unspecified atom stereocenters. The Balaban J connectivity index is 2.22. The molecule has 1 aromatic carbocycles. The maximum Gasteiger partial charge on any atom is 0.270 e. The number of nitrogens with one attached hydrogen (secondary N) is 2. The lowest BCUT2D eigenvalue weighted by atomic mass is 10.2. The summed E-state index contributed by atoms with van der Waals surface area (Å²) in [6.45, 7) is 5.68. The molecular weight excluding hydrogens is 319 g/mol. The fourth-order valence-electron chi connectivity index (χ4n) is 1.84. The molecule has 0 aliphatic carbocycles. The van der Waals surface area contributed by atoms with Crippen LogP contribution in [0.1, 0.15) is 36.5 Å². The molecule has 1 amide bonds. The molecule has 0 aliphatic heterocycles. The highest BCUT2D eigenvalue weighted by Gasteiger charge is 2.13. The van der Waals surface area contributed by atoms with E-state index in [1.807, 2.05) is 13.8 Å². The lowest BCUT2D eigenvalue weighted by Gasteiger charge is -2.12. The second-order valence-electron chi connectivity index (χ2n) is 5.25. The molecule has 1 heterocycles. The summed E-state index contributed by atoms with van der Waals surface area (Å²) in [5, 5.41) is 5.77. The van der Waals surface area contributed by atoms with Crippen molar-refractivity contribution in [1.82, 2.24) is 15.3 Å². The smallest absolute Gasteiger partial charge is 0.270 e. The van der Waals surface area contributed by atoms with Gasteiger partial charge in [-0.2, -0.15) is 0 Å². The summed E-state index contributed by atoms with van der Waals surface area (Å²) in [6.07, 6.45) is 0.828. The van der Waals surface area contributed by atoms with E-state index in [2.05, 4.69) is 20.6 Å². The SMILES string of the molecule is CCC(C)NC(=O)c1cc(C)nc(Nc2ccc(F)c(Cl)c2)n1. The molecule has 0 bridgehead atoms. The van der Waals surface area contributed by atoms with Gasteiger partial charge in [-0.15, -0.1) is 0 Å². The van der Waals surface area contributed by atoms with Crippen LogP contribution in [0.3, 0.4) is 0 Å². The second-order valence-corrected chi connectivity index (χ2v) is 5.66. The first-order valence-electron chi connectivity index (χ1n) is 7.27. The highest BCUT2D eigenvalue weighted by molar-refractivity contribution is 6.31. The molecule has 7 heteroatoms. The highest BCUT2D eigenvalue weighted by Crippen LogP contribution is 2.21. The molecule has 0 saturated heterocycles. The van der Waals surface area contributed by atoms with Gasteiger partial charge in [0.25, 0.3) is 5.91 Å². The molecule has 5 nitrogen and oxygen atoms in total. The number of hydrogen-bond donors (Lipinski definition) is 2. The van der Waals surface area contributed by atoms with E-state index < -0.39 is 5.82 Å². The Hall–Kier alpha value is -2.21. The number of anilines is 2. The van der Waals surface area contributed by atoms with Crippen molar-refractivity contribution in [3.05, 3.63) is 46.5 Å². The van der Waals surface area contributed by atoms with Gasteiger partial charge in [0.2, 0.25) is 5.95 Å². The van der Waals surface area contributed by atoms with Crippen LogP contribution >= 0.6 is 11.6 Å². The van der Waals surface area contributed by atoms with Crippen LogP contribution in [0.4, 0.5) is 16.0 Å². The third-order valence-corrected chi connectivity index (χ3v) is 3.54. The van der Waals surface area contributed by atoms with Gasteiger partial charge in [-0.05, 0) is 44.5 Å². The Bertz CT molecular complexity index is 723. The standard InChI is InChI=1S/C16H18ClFN4O/c1-4-9(2)19-15(23)14-7-10(3)20-16(22-14)21-11-5-6-13(18)12(17)8-11/h5-9H,4H2,1-3H3,(H,19,23)(H,20,21,22). The zero-order valence-corrected chi connectivity index (χ0v) is 13.9. The molecule has 0 radical (unpaired) electrons. The highest BCUT2D eigenvalue weighted by atomic mass is 35.5.